The molecule has 4 aliphatic heterocycles. The highest BCUT2D eigenvalue weighted by molar-refractivity contribution is 9.10. The van der Waals surface area contributed by atoms with Gasteiger partial charge in [-0.3, -0.25) is 53.0 Å². The Hall–Kier alpha value is -13.3. The Morgan fingerprint density at radius 2 is 0.833 bits per heavy atom. The molecule has 2 aliphatic carbocycles. The summed E-state index contributed by atoms with van der Waals surface area (Å²) in [4.78, 5) is 162. The van der Waals surface area contributed by atoms with Crippen LogP contribution in [0.4, 0.5) is 13.2 Å². The summed E-state index contributed by atoms with van der Waals surface area (Å²) in [7, 11) is 0. The topological polar surface area (TPSA) is 408 Å². The number of alkyl halides is 2. The summed E-state index contributed by atoms with van der Waals surface area (Å²) in [6, 6.07) is 29.9. The molecule has 9 aromatic heterocycles. The van der Waals surface area contributed by atoms with E-state index in [0.29, 0.717) is 118 Å². The second-order valence-electron chi connectivity index (χ2n) is 44.4. The van der Waals surface area contributed by atoms with Crippen molar-refractivity contribution in [1.82, 2.24) is 113 Å². The van der Waals surface area contributed by atoms with Gasteiger partial charge >= 0.3 is 11.9 Å². The van der Waals surface area contributed by atoms with Crippen LogP contribution in [0.5, 0.6) is 0 Å². The van der Waals surface area contributed by atoms with Crippen molar-refractivity contribution in [1.29, 1.82) is 0 Å². The molecule has 0 unspecified atom stereocenters. The van der Waals surface area contributed by atoms with E-state index in [1.165, 1.54) is 28.1 Å². The molecule has 6 fully saturated rings. The number of piperazine rings is 4. The summed E-state index contributed by atoms with van der Waals surface area (Å²) < 4.78 is 49.6. The number of halogens is 5. The number of H-pyrrole nitrogens is 1. The molecule has 6 aliphatic rings. The maximum Gasteiger partial charge on any atom is 0.323 e. The number of nitrogens with one attached hydrogen (secondary N) is 2. The van der Waals surface area contributed by atoms with Crippen LogP contribution in [0.1, 0.15) is 269 Å². The first-order valence-corrected chi connectivity index (χ1v) is 49.8. The zero-order valence-corrected chi connectivity index (χ0v) is 88.2. The van der Waals surface area contributed by atoms with Gasteiger partial charge in [-0.25, -0.2) is 56.2 Å². The lowest BCUT2D eigenvalue weighted by atomic mass is 9.74. The van der Waals surface area contributed by atoms with E-state index in [9.17, 15) is 61.1 Å². The molecule has 18 rings (SSSR count). The van der Waals surface area contributed by atoms with Crippen molar-refractivity contribution in [2.75, 3.05) is 72.0 Å². The summed E-state index contributed by atoms with van der Waals surface area (Å²) in [6.07, 6.45) is 7.69. The summed E-state index contributed by atoms with van der Waals surface area (Å²) in [5, 5.41) is 46.6. The summed E-state index contributed by atoms with van der Waals surface area (Å²) in [5.41, 5.74) is 8.29. The van der Waals surface area contributed by atoms with Gasteiger partial charge in [0, 0.05) is 138 Å². The van der Waals surface area contributed by atoms with E-state index < -0.39 is 64.3 Å². The molecule has 40 heteroatoms. The first-order chi connectivity index (χ1) is 67.1. The molecule has 0 bridgehead atoms. The third-order valence-electron chi connectivity index (χ3n) is 27.6. The molecule has 762 valence electrons. The van der Waals surface area contributed by atoms with Crippen molar-refractivity contribution in [2.45, 2.75) is 240 Å². The molecule has 4 N–H and O–H groups in total. The van der Waals surface area contributed by atoms with Crippen LogP contribution in [0.3, 0.4) is 0 Å². The maximum absolute atomic E-state index is 13.8. The van der Waals surface area contributed by atoms with Gasteiger partial charge < -0.3 is 49.8 Å². The lowest BCUT2D eigenvalue weighted by Gasteiger charge is -2.48. The molecule has 3 aromatic carbocycles. The molecule has 144 heavy (non-hydrogen) atoms. The first kappa shape index (κ1) is 105. The van der Waals surface area contributed by atoms with Crippen molar-refractivity contribution in [3.8, 4) is 33.8 Å². The van der Waals surface area contributed by atoms with Gasteiger partial charge in [-0.05, 0) is 182 Å². The predicted molar refractivity (Wildman–Crippen MR) is 540 cm³/mol. The third kappa shape index (κ3) is 22.0. The Balaban J connectivity index is 0.000000145. The minimum atomic E-state index is -2.62. The molecule has 0 atom stereocenters. The number of hydrogen-bond acceptors (Lipinski definition) is 20. The maximum atomic E-state index is 13.8. The third-order valence-corrected chi connectivity index (χ3v) is 28.7. The minimum absolute atomic E-state index is 0.0440. The number of aryl methyl sites for hydroxylation is 1. The van der Waals surface area contributed by atoms with Crippen LogP contribution in [0.2, 0.25) is 0 Å². The number of aliphatic carboxylic acids is 2. The number of imidazole rings is 4. The molecule has 12 aromatic rings. The van der Waals surface area contributed by atoms with Crippen LogP contribution >= 0.6 is 31.9 Å². The van der Waals surface area contributed by atoms with E-state index >= 15 is 0 Å². The van der Waals surface area contributed by atoms with E-state index in [-0.39, 0.29) is 124 Å². The van der Waals surface area contributed by atoms with E-state index in [1.54, 1.807) is 108 Å². The van der Waals surface area contributed by atoms with Gasteiger partial charge in [-0.2, -0.15) is 20.4 Å². The van der Waals surface area contributed by atoms with E-state index in [0.717, 1.165) is 65.0 Å². The van der Waals surface area contributed by atoms with Crippen molar-refractivity contribution in [3.05, 3.63) is 199 Å². The molecular formula is C104H124Br2F3N23O12. The fraction of sp³-hybridized carbons (Fsp3) is 0.481. The van der Waals surface area contributed by atoms with Crippen LogP contribution in [0, 0.1) is 24.6 Å². The average Bonchev–Trinajstić information content (AvgIpc) is 1.61. The van der Waals surface area contributed by atoms with Gasteiger partial charge in [-0.1, -0.05) is 139 Å². The molecule has 2 saturated carbocycles. The molecular weight excluding hydrogens is 1980 g/mol. The van der Waals surface area contributed by atoms with Crippen molar-refractivity contribution in [2.24, 2.45) is 11.8 Å². The lowest BCUT2D eigenvalue weighted by Crippen LogP contribution is -2.65. The number of carboxylic acid groups (broad SMARTS) is 2. The van der Waals surface area contributed by atoms with Crippen LogP contribution in [-0.4, -0.2) is 277 Å². The van der Waals surface area contributed by atoms with Gasteiger partial charge in [0.2, 0.25) is 29.5 Å². The standard InChI is InChI=1S/C29H39F2N5O4.C27H31BrN8O2.C25H28FN5O4.C23H26BrN5O2/c1-27(2,3)20-14-21(17-6-8-29(30,31)9-7-17)33-36-15-22(32-23(20)36)25(38)35-11-10-34(16-28(35,4)5)24(37)18-12-19(13-18)26(39)40;1-16-29-22(32-31-16)25(38)34-11-12-35(27(5,6)15-34)24(37)21-14-36-23(30-21)19(26(2,3)4)13-20(33-36)17-7-9-18(28)10-8-17;1-24(2,3)17-12-18(15-6-8-16(26)9-7-15)28-31-13-19(27-21(17)31)22(34)30-11-10-29(14-20(32)33)23(35)25(30,4)5;1-22(2,3)16-12-17(14-6-8-15(24)9-7-14)27-29-13-18(26-19(16)29)20(30)28-11-10-25-21(31)23(28,4)5/h14-15,17-19H,6-13,16H2,1-5H3,(H,39,40);7-10,13-14H,11-12,15H2,1-6H3,(H,29,31,32);6-9,12-13H,10-11,14H2,1-5H3,(H,32,33);6-9,12-13H,10-11H2,1-5H3,(H,25,31). The second kappa shape index (κ2) is 39.4. The van der Waals surface area contributed by atoms with Crippen LogP contribution in [-0.2, 0) is 45.6 Å². The fourth-order valence-corrected chi connectivity index (χ4v) is 19.8. The predicted octanol–water partition coefficient (Wildman–Crippen LogP) is 15.5. The number of carbonyl (C=O) groups excluding carboxylic acids is 8. The van der Waals surface area contributed by atoms with E-state index in [4.69, 9.17) is 35.5 Å². The number of hydrogen-bond donors (Lipinski definition) is 4. The molecule has 0 spiro atoms. The Bertz CT molecular complexity index is 7020. The molecule has 0 radical (unpaired) electrons. The quantitative estimate of drug-likeness (QED) is 0.0833. The number of carboxylic acids is 2. The number of benzene rings is 3. The van der Waals surface area contributed by atoms with Gasteiger partial charge in [-0.15, -0.1) is 5.10 Å². The van der Waals surface area contributed by atoms with Crippen molar-refractivity contribution >= 4 is 114 Å². The fourth-order valence-electron chi connectivity index (χ4n) is 19.2. The Morgan fingerprint density at radius 3 is 1.22 bits per heavy atom. The summed E-state index contributed by atoms with van der Waals surface area (Å²) in [5.74, 6) is -7.05. The second-order valence-corrected chi connectivity index (χ2v) is 46.3. The number of aromatic nitrogens is 15. The summed E-state index contributed by atoms with van der Waals surface area (Å²) in [6.45, 7) is 44.1. The highest BCUT2D eigenvalue weighted by Crippen LogP contribution is 2.44. The largest absolute Gasteiger partial charge is 0.481 e. The monoisotopic (exact) mass is 2100 g/mol. The Labute approximate surface area is 849 Å². The zero-order valence-electron chi connectivity index (χ0n) is 85.1. The van der Waals surface area contributed by atoms with E-state index in [2.05, 4.69) is 136 Å². The van der Waals surface area contributed by atoms with Gasteiger partial charge in [0.1, 0.15) is 52.0 Å². The minimum Gasteiger partial charge on any atom is -0.481 e. The number of rotatable bonds is 13. The lowest BCUT2D eigenvalue weighted by molar-refractivity contribution is -0.153. The number of nitrogens with zero attached hydrogens (tertiary/aromatic N) is 21. The molecule has 8 amide bonds. The molecule has 13 heterocycles. The molecule has 4 saturated heterocycles. The van der Waals surface area contributed by atoms with Crippen molar-refractivity contribution in [3.63, 3.8) is 0 Å². The van der Waals surface area contributed by atoms with E-state index in [1.807, 2.05) is 115 Å². The smallest absolute Gasteiger partial charge is 0.323 e. The number of aromatic amines is 1. The SMILES string of the molecule is CC(C)(C)c1cc(-c2ccc(Br)cc2)nn2cc(C(=O)N3CCNC(=O)C3(C)C)nc12.CC(C)(C)c1cc(-c2ccc(F)cc2)nn2cc(C(=O)N3CCN(CC(=O)O)C(=O)C3(C)C)nc12.CC(C)(C)c1cc(C2CCC(F)(F)CC2)nn2cc(C(=O)N3CCN(C(=O)C4CC(C(=O)O)C4)CC3(C)C)nc12.Cc1nc(C(=O)N2CCN(C(=O)c3cn4nc(-c5ccc(Br)cc5)cc(C(C)(C)C)c4n3)C(C)(C)C2)n[nH]1. The first-order valence-electron chi connectivity index (χ1n) is 48.2. The van der Waals surface area contributed by atoms with Gasteiger partial charge in [0.05, 0.1) is 64.6 Å². The number of fused-ring (bicyclic) bond motifs is 4. The number of carbonyl (C=O) groups is 10. The van der Waals surface area contributed by atoms with Crippen LogP contribution < -0.4 is 5.32 Å². The van der Waals surface area contributed by atoms with Gasteiger partial charge in [0.25, 0.3) is 29.5 Å². The van der Waals surface area contributed by atoms with Crippen LogP contribution in [0.15, 0.2) is 131 Å². The van der Waals surface area contributed by atoms with Gasteiger partial charge in [0.15, 0.2) is 22.6 Å². The highest BCUT2D eigenvalue weighted by Gasteiger charge is 2.50. The Kier molecular flexibility index (Phi) is 28.7. The molecule has 35 nitrogen and oxygen atoms in total. The number of amides is 8. The summed E-state index contributed by atoms with van der Waals surface area (Å²) >= 11 is 6.96. The van der Waals surface area contributed by atoms with Crippen LogP contribution in [0.25, 0.3) is 56.4 Å². The normalized spacial score (nSPS) is 18.6. The Morgan fingerprint density at radius 1 is 0.458 bits per heavy atom. The zero-order chi connectivity index (χ0) is 105. The average molecular weight is 2110 g/mol. The van der Waals surface area contributed by atoms with Crippen molar-refractivity contribution < 1.29 is 71.3 Å². The highest BCUT2D eigenvalue weighted by atomic mass is 79.9.